The fourth-order valence-electron chi connectivity index (χ4n) is 4.18. The molecule has 2 heterocycles. The van der Waals surface area contributed by atoms with Gasteiger partial charge in [-0.15, -0.1) is 0 Å². The molecular formula is C29H25N3O7S. The number of nitrogens with zero attached hydrogens (tertiary/aromatic N) is 3. The third kappa shape index (κ3) is 5.82. The van der Waals surface area contributed by atoms with Crippen LogP contribution in [0.2, 0.25) is 0 Å². The maximum Gasteiger partial charge on any atom is 0.338 e. The molecule has 1 fully saturated rings. The minimum absolute atomic E-state index is 0.0505. The summed E-state index contributed by atoms with van der Waals surface area (Å²) in [7, 11) is 2.93. The zero-order valence-electron chi connectivity index (χ0n) is 22.2. The Hall–Kier alpha value is -4.69. The summed E-state index contributed by atoms with van der Waals surface area (Å²) >= 11 is 1.09. The zero-order chi connectivity index (χ0) is 29.0. The maximum absolute atomic E-state index is 13.1. The topological polar surface area (TPSA) is 136 Å². The summed E-state index contributed by atoms with van der Waals surface area (Å²) in [6.07, 6.45) is -0.0505. The first-order valence-electron chi connectivity index (χ1n) is 12.1. The van der Waals surface area contributed by atoms with Crippen molar-refractivity contribution in [3.63, 3.8) is 0 Å². The lowest BCUT2D eigenvalue weighted by molar-refractivity contribution is -0.121. The van der Waals surface area contributed by atoms with E-state index in [9.17, 15) is 24.4 Å². The highest BCUT2D eigenvalue weighted by Crippen LogP contribution is 2.35. The van der Waals surface area contributed by atoms with E-state index in [1.807, 2.05) is 0 Å². The van der Waals surface area contributed by atoms with Gasteiger partial charge in [-0.05, 0) is 67.9 Å². The molecule has 2 amide bonds. The van der Waals surface area contributed by atoms with Crippen LogP contribution in [0.4, 0.5) is 5.69 Å². The molecule has 1 aromatic heterocycles. The van der Waals surface area contributed by atoms with Crippen LogP contribution in [0.5, 0.6) is 11.5 Å². The predicted molar refractivity (Wildman–Crippen MR) is 146 cm³/mol. The molecule has 1 unspecified atom stereocenters. The van der Waals surface area contributed by atoms with Crippen molar-refractivity contribution in [1.82, 2.24) is 4.98 Å². The molecule has 1 aliphatic rings. The van der Waals surface area contributed by atoms with Gasteiger partial charge in [0.25, 0.3) is 0 Å². The lowest BCUT2D eigenvalue weighted by Gasteiger charge is -2.16. The predicted octanol–water partition coefficient (Wildman–Crippen LogP) is 4.05. The molecule has 11 heteroatoms. The summed E-state index contributed by atoms with van der Waals surface area (Å²) in [6, 6.07) is 14.3. The number of benzene rings is 2. The first kappa shape index (κ1) is 28.3. The van der Waals surface area contributed by atoms with E-state index >= 15 is 0 Å². The number of imide groups is 1. The molecule has 0 saturated carbocycles. The van der Waals surface area contributed by atoms with Gasteiger partial charge in [0.2, 0.25) is 11.8 Å². The number of amides is 2. The van der Waals surface area contributed by atoms with E-state index in [1.165, 1.54) is 44.6 Å². The number of aromatic nitrogens is 1. The number of aryl methyl sites for hydroxylation is 2. The molecule has 3 aromatic rings. The Morgan fingerprint density at radius 1 is 1.02 bits per heavy atom. The van der Waals surface area contributed by atoms with Crippen molar-refractivity contribution in [1.29, 1.82) is 5.26 Å². The van der Waals surface area contributed by atoms with E-state index in [2.05, 4.69) is 11.1 Å². The largest absolute Gasteiger partial charge is 0.493 e. The number of methoxy groups -OCH3 is 2. The van der Waals surface area contributed by atoms with Crippen molar-refractivity contribution in [3.8, 4) is 17.6 Å². The zero-order valence-corrected chi connectivity index (χ0v) is 23.0. The van der Waals surface area contributed by atoms with Gasteiger partial charge in [-0.3, -0.25) is 14.4 Å². The van der Waals surface area contributed by atoms with Crippen LogP contribution in [-0.2, 0) is 14.3 Å². The van der Waals surface area contributed by atoms with Crippen LogP contribution in [-0.4, -0.2) is 54.6 Å². The van der Waals surface area contributed by atoms with Gasteiger partial charge in [0.1, 0.15) is 11.1 Å². The van der Waals surface area contributed by atoms with Gasteiger partial charge >= 0.3 is 5.97 Å². The number of thioether (sulfide) groups is 1. The Morgan fingerprint density at radius 2 is 1.70 bits per heavy atom. The number of anilines is 1. The molecule has 1 atom stereocenters. The summed E-state index contributed by atoms with van der Waals surface area (Å²) < 4.78 is 15.5. The fraction of sp³-hybridized carbons (Fsp3) is 0.241. The van der Waals surface area contributed by atoms with Crippen LogP contribution < -0.4 is 14.4 Å². The Kier molecular flexibility index (Phi) is 8.50. The number of ether oxygens (including phenoxy) is 3. The van der Waals surface area contributed by atoms with Gasteiger partial charge in [0.15, 0.2) is 23.9 Å². The van der Waals surface area contributed by atoms with Gasteiger partial charge in [0.05, 0.1) is 36.3 Å². The molecule has 10 nitrogen and oxygen atoms in total. The summed E-state index contributed by atoms with van der Waals surface area (Å²) in [4.78, 5) is 56.4. The molecular weight excluding hydrogens is 534 g/mol. The van der Waals surface area contributed by atoms with E-state index in [-0.39, 0.29) is 17.5 Å². The Bertz CT molecular complexity index is 1550. The second kappa shape index (κ2) is 12.0. The van der Waals surface area contributed by atoms with Crippen molar-refractivity contribution in [2.24, 2.45) is 0 Å². The average molecular weight is 560 g/mol. The quantitative estimate of drug-likeness (QED) is 0.215. The smallest absolute Gasteiger partial charge is 0.338 e. The second-order valence-electron chi connectivity index (χ2n) is 8.87. The fourth-order valence-corrected chi connectivity index (χ4v) is 5.40. The first-order valence-corrected chi connectivity index (χ1v) is 13.0. The lowest BCUT2D eigenvalue weighted by atomic mass is 10.1. The number of ketones is 1. The molecule has 0 N–H and O–H groups in total. The Morgan fingerprint density at radius 3 is 2.35 bits per heavy atom. The van der Waals surface area contributed by atoms with Crippen LogP contribution in [0.15, 0.2) is 53.6 Å². The third-order valence-electron chi connectivity index (χ3n) is 6.18. The van der Waals surface area contributed by atoms with Crippen molar-refractivity contribution in [2.75, 3.05) is 25.7 Å². The second-order valence-corrected chi connectivity index (χ2v) is 10.1. The summed E-state index contributed by atoms with van der Waals surface area (Å²) in [5.41, 5.74) is 2.57. The highest BCUT2D eigenvalue weighted by atomic mass is 32.2. The van der Waals surface area contributed by atoms with Gasteiger partial charge in [0, 0.05) is 17.7 Å². The van der Waals surface area contributed by atoms with Crippen molar-refractivity contribution < 1.29 is 33.4 Å². The molecule has 0 bridgehead atoms. The number of hydrogen-bond acceptors (Lipinski definition) is 10. The van der Waals surface area contributed by atoms with Gasteiger partial charge in [-0.1, -0.05) is 11.8 Å². The highest BCUT2D eigenvalue weighted by Gasteiger charge is 2.41. The number of carbonyl (C=O) groups is 4. The van der Waals surface area contributed by atoms with Crippen molar-refractivity contribution >= 4 is 41.0 Å². The number of carbonyl (C=O) groups excluding carboxylic acids is 4. The van der Waals surface area contributed by atoms with Crippen molar-refractivity contribution in [3.05, 3.63) is 76.5 Å². The molecule has 1 saturated heterocycles. The number of hydrogen-bond donors (Lipinski definition) is 0. The van der Waals surface area contributed by atoms with Gasteiger partial charge in [-0.2, -0.15) is 5.26 Å². The average Bonchev–Trinajstić information content (AvgIpc) is 3.22. The third-order valence-corrected chi connectivity index (χ3v) is 7.35. The summed E-state index contributed by atoms with van der Waals surface area (Å²) in [5.74, 6) is -1.17. The van der Waals surface area contributed by atoms with Crippen LogP contribution >= 0.6 is 11.8 Å². The first-order chi connectivity index (χ1) is 19.2. The van der Waals surface area contributed by atoms with E-state index < -0.39 is 35.4 Å². The summed E-state index contributed by atoms with van der Waals surface area (Å²) in [6.45, 7) is 3.10. The number of pyridine rings is 1. The molecule has 0 aliphatic carbocycles. The van der Waals surface area contributed by atoms with Crippen LogP contribution in [0.1, 0.15) is 44.0 Å². The molecule has 0 spiro atoms. The molecule has 4 rings (SSSR count). The van der Waals surface area contributed by atoms with E-state index in [0.717, 1.165) is 22.2 Å². The molecule has 0 radical (unpaired) electrons. The van der Waals surface area contributed by atoms with Crippen LogP contribution in [0.3, 0.4) is 0 Å². The summed E-state index contributed by atoms with van der Waals surface area (Å²) in [5, 5.41) is 9.19. The van der Waals surface area contributed by atoms with Crippen molar-refractivity contribution in [2.45, 2.75) is 30.5 Å². The normalized spacial score (nSPS) is 14.6. The van der Waals surface area contributed by atoms with E-state index in [1.54, 1.807) is 32.0 Å². The number of esters is 1. The number of Topliss-reactive ketones (excluding diaryl/α,β-unsaturated/α-hetero) is 1. The van der Waals surface area contributed by atoms with Gasteiger partial charge in [-0.25, -0.2) is 14.7 Å². The minimum atomic E-state index is -0.738. The Labute approximate surface area is 234 Å². The molecule has 1 aliphatic heterocycles. The number of nitriles is 1. The minimum Gasteiger partial charge on any atom is -0.493 e. The maximum atomic E-state index is 13.1. The molecule has 40 heavy (non-hydrogen) atoms. The standard InChI is InChI=1S/C29H25N3O7S/c1-16-11-17(2)31-27(21(16)14-30)40-25-13-26(34)32(28(25)35)20-8-5-18(6-9-20)29(36)39-15-22(33)19-7-10-23(37-3)24(12-19)38-4/h5-12,25H,13,15H2,1-4H3. The van der Waals surface area contributed by atoms with Crippen LogP contribution in [0.25, 0.3) is 0 Å². The highest BCUT2D eigenvalue weighted by molar-refractivity contribution is 8.00. The molecule has 2 aromatic carbocycles. The SMILES string of the molecule is COc1ccc(C(=O)COC(=O)c2ccc(N3C(=O)CC(Sc4nc(C)cc(C)c4C#N)C3=O)cc2)cc1OC. The number of rotatable bonds is 9. The molecule has 204 valence electrons. The van der Waals surface area contributed by atoms with E-state index in [4.69, 9.17) is 14.2 Å². The Balaban J connectivity index is 1.41. The van der Waals surface area contributed by atoms with Crippen LogP contribution in [0, 0.1) is 25.2 Å². The lowest BCUT2D eigenvalue weighted by Crippen LogP contribution is -2.31. The van der Waals surface area contributed by atoms with E-state index in [0.29, 0.717) is 33.5 Å². The van der Waals surface area contributed by atoms with Gasteiger partial charge < -0.3 is 14.2 Å². The monoisotopic (exact) mass is 559 g/mol.